The second-order valence-electron chi connectivity index (χ2n) is 5.10. The fraction of sp³-hybridized carbons (Fsp3) is 0.125. The van der Waals surface area contributed by atoms with E-state index in [4.69, 9.17) is 0 Å². The number of carboxylic acid groups (broad SMARTS) is 1. The van der Waals surface area contributed by atoms with Gasteiger partial charge in [-0.25, -0.2) is 4.39 Å². The summed E-state index contributed by atoms with van der Waals surface area (Å²) in [7, 11) is 0. The van der Waals surface area contributed by atoms with Crippen molar-refractivity contribution >= 4 is 32.8 Å². The van der Waals surface area contributed by atoms with Gasteiger partial charge < -0.3 is 10.1 Å². The van der Waals surface area contributed by atoms with Crippen LogP contribution in [0.4, 0.5) is 4.39 Å². The average Bonchev–Trinajstić information content (AvgIpc) is 2.90. The van der Waals surface area contributed by atoms with Crippen LogP contribution < -0.4 is 5.32 Å². The third-order valence-electron chi connectivity index (χ3n) is 3.51. The summed E-state index contributed by atoms with van der Waals surface area (Å²) >= 11 is 3.33. The van der Waals surface area contributed by atoms with Crippen molar-refractivity contribution in [3.8, 4) is 0 Å². The number of rotatable bonds is 5. The summed E-state index contributed by atoms with van der Waals surface area (Å²) in [4.78, 5) is 18.6. The van der Waals surface area contributed by atoms with Crippen molar-refractivity contribution in [3.05, 3.63) is 64.3 Å². The number of aliphatic carboxylic acids is 1. The van der Waals surface area contributed by atoms with Gasteiger partial charge in [0.15, 0.2) is 0 Å². The van der Waals surface area contributed by atoms with Crippen LogP contribution in [0.15, 0.2) is 47.3 Å². The summed E-state index contributed by atoms with van der Waals surface area (Å²) in [5.41, 5.74) is 1.99. The lowest BCUT2D eigenvalue weighted by molar-refractivity contribution is -0.139. The number of fused-ring (bicyclic) bond motifs is 1. The van der Waals surface area contributed by atoms with Crippen LogP contribution in [0.1, 0.15) is 17.2 Å². The van der Waals surface area contributed by atoms with Gasteiger partial charge in [0.05, 0.1) is 0 Å². The molecule has 3 N–H and O–H groups in total. The molecule has 1 unspecified atom stereocenters. The molecule has 1 aromatic carbocycles. The Hall–Kier alpha value is -2.25. The predicted octanol–water partition coefficient (Wildman–Crippen LogP) is 3.38. The highest BCUT2D eigenvalue weighted by Gasteiger charge is 2.22. The molecule has 3 aromatic rings. The Bertz CT molecular complexity index is 865. The molecule has 0 bridgehead atoms. The van der Waals surface area contributed by atoms with Crippen LogP contribution >= 0.6 is 15.9 Å². The van der Waals surface area contributed by atoms with E-state index in [-0.39, 0.29) is 5.82 Å². The van der Waals surface area contributed by atoms with Gasteiger partial charge >= 0.3 is 5.97 Å². The van der Waals surface area contributed by atoms with Crippen molar-refractivity contribution < 1.29 is 14.3 Å². The first-order chi connectivity index (χ1) is 11.0. The van der Waals surface area contributed by atoms with Crippen molar-refractivity contribution in [1.29, 1.82) is 0 Å². The van der Waals surface area contributed by atoms with E-state index >= 15 is 0 Å². The highest BCUT2D eigenvalue weighted by molar-refractivity contribution is 9.10. The Kier molecular flexibility index (Phi) is 4.40. The summed E-state index contributed by atoms with van der Waals surface area (Å²) in [5, 5.41) is 13.2. The zero-order valence-electron chi connectivity index (χ0n) is 11.9. The lowest BCUT2D eigenvalue weighted by atomic mass is 10.1. The van der Waals surface area contributed by atoms with Crippen molar-refractivity contribution in [2.24, 2.45) is 0 Å². The molecule has 1 atom stereocenters. The summed E-state index contributed by atoms with van der Waals surface area (Å²) in [6.45, 7) is 0.345. The van der Waals surface area contributed by atoms with Gasteiger partial charge in [-0.1, -0.05) is 0 Å². The first-order valence-corrected chi connectivity index (χ1v) is 7.66. The van der Waals surface area contributed by atoms with Gasteiger partial charge in [0.1, 0.15) is 11.9 Å². The number of benzene rings is 1. The van der Waals surface area contributed by atoms with Crippen molar-refractivity contribution in [2.45, 2.75) is 12.6 Å². The van der Waals surface area contributed by atoms with Crippen LogP contribution in [-0.2, 0) is 11.3 Å². The van der Waals surface area contributed by atoms with Gasteiger partial charge in [0.2, 0.25) is 0 Å². The molecule has 0 radical (unpaired) electrons. The Morgan fingerprint density at radius 3 is 2.96 bits per heavy atom. The maximum atomic E-state index is 13.2. The number of nitrogens with one attached hydrogen (secondary N) is 2. The van der Waals surface area contributed by atoms with Crippen LogP contribution in [0.3, 0.4) is 0 Å². The molecule has 0 aliphatic carbocycles. The fourth-order valence-electron chi connectivity index (χ4n) is 2.46. The van der Waals surface area contributed by atoms with Crippen LogP contribution in [-0.4, -0.2) is 21.0 Å². The van der Waals surface area contributed by atoms with Crippen LogP contribution in [0.2, 0.25) is 0 Å². The van der Waals surface area contributed by atoms with E-state index in [0.717, 1.165) is 10.0 Å². The monoisotopic (exact) mass is 377 g/mol. The number of H-pyrrole nitrogens is 1. The predicted molar refractivity (Wildman–Crippen MR) is 87.4 cm³/mol. The van der Waals surface area contributed by atoms with E-state index in [2.05, 4.69) is 31.2 Å². The Labute approximate surface area is 139 Å². The van der Waals surface area contributed by atoms with Gasteiger partial charge in [-0.2, -0.15) is 0 Å². The molecule has 0 saturated carbocycles. The number of pyridine rings is 1. The lowest BCUT2D eigenvalue weighted by Gasteiger charge is -2.14. The molecule has 0 aliphatic heterocycles. The summed E-state index contributed by atoms with van der Waals surface area (Å²) in [6, 6.07) is 5.19. The summed E-state index contributed by atoms with van der Waals surface area (Å²) in [6.07, 6.45) is 4.92. The minimum absolute atomic E-state index is 0.345. The second-order valence-corrected chi connectivity index (χ2v) is 6.01. The molecule has 0 aliphatic rings. The number of aromatic nitrogens is 2. The molecule has 2 aromatic heterocycles. The van der Waals surface area contributed by atoms with E-state index in [1.54, 1.807) is 24.7 Å². The minimum atomic E-state index is -1.00. The SMILES string of the molecule is O=C(O)C(NCc1cncc(Br)c1)c1c[nH]c2cc(F)ccc12. The summed E-state index contributed by atoms with van der Waals surface area (Å²) in [5.74, 6) is -1.37. The molecule has 0 saturated heterocycles. The molecule has 0 amide bonds. The fourth-order valence-corrected chi connectivity index (χ4v) is 2.87. The average molecular weight is 378 g/mol. The first-order valence-electron chi connectivity index (χ1n) is 6.87. The highest BCUT2D eigenvalue weighted by atomic mass is 79.9. The Balaban J connectivity index is 1.87. The van der Waals surface area contributed by atoms with E-state index in [9.17, 15) is 14.3 Å². The zero-order valence-corrected chi connectivity index (χ0v) is 13.5. The van der Waals surface area contributed by atoms with Crippen LogP contribution in [0.25, 0.3) is 10.9 Å². The number of hydrogen-bond donors (Lipinski definition) is 3. The molecular formula is C16H13BrFN3O2. The number of carboxylic acids is 1. The van der Waals surface area contributed by atoms with Gasteiger partial charge in [-0.05, 0) is 45.8 Å². The van der Waals surface area contributed by atoms with Gasteiger partial charge in [0, 0.05) is 46.1 Å². The molecule has 2 heterocycles. The third kappa shape index (κ3) is 3.40. The number of halogens is 2. The van der Waals surface area contributed by atoms with Gasteiger partial charge in [0.25, 0.3) is 0 Å². The van der Waals surface area contributed by atoms with Crippen molar-refractivity contribution in [3.63, 3.8) is 0 Å². The molecule has 23 heavy (non-hydrogen) atoms. The highest BCUT2D eigenvalue weighted by Crippen LogP contribution is 2.25. The summed E-state index contributed by atoms with van der Waals surface area (Å²) < 4.78 is 14.1. The molecule has 3 rings (SSSR count). The zero-order chi connectivity index (χ0) is 16.4. The standard InChI is InChI=1S/C16H13BrFN3O2/c17-10-3-9(5-19-7-10)6-21-15(16(22)23)13-8-20-14-4-11(18)1-2-12(13)14/h1-5,7-8,15,20-21H,6H2,(H,22,23). The topological polar surface area (TPSA) is 78.0 Å². The maximum Gasteiger partial charge on any atom is 0.325 e. The molecule has 5 nitrogen and oxygen atoms in total. The smallest absolute Gasteiger partial charge is 0.325 e. The Morgan fingerprint density at radius 1 is 1.39 bits per heavy atom. The van der Waals surface area contributed by atoms with Crippen molar-refractivity contribution in [1.82, 2.24) is 15.3 Å². The maximum absolute atomic E-state index is 13.2. The Morgan fingerprint density at radius 2 is 2.22 bits per heavy atom. The largest absolute Gasteiger partial charge is 0.480 e. The van der Waals surface area contributed by atoms with Crippen LogP contribution in [0, 0.1) is 5.82 Å². The van der Waals surface area contributed by atoms with Crippen LogP contribution in [0.5, 0.6) is 0 Å². The third-order valence-corrected chi connectivity index (χ3v) is 3.94. The van der Waals surface area contributed by atoms with E-state index < -0.39 is 12.0 Å². The van der Waals surface area contributed by atoms with E-state index in [1.165, 1.54) is 12.1 Å². The molecule has 118 valence electrons. The minimum Gasteiger partial charge on any atom is -0.480 e. The van der Waals surface area contributed by atoms with Crippen molar-refractivity contribution in [2.75, 3.05) is 0 Å². The lowest BCUT2D eigenvalue weighted by Crippen LogP contribution is -2.28. The first kappa shape index (κ1) is 15.6. The molecule has 7 heteroatoms. The van der Waals surface area contributed by atoms with Gasteiger partial charge in [-0.15, -0.1) is 0 Å². The number of carbonyl (C=O) groups is 1. The molecule has 0 spiro atoms. The number of aromatic amines is 1. The number of hydrogen-bond acceptors (Lipinski definition) is 3. The molecule has 0 fully saturated rings. The number of nitrogens with zero attached hydrogens (tertiary/aromatic N) is 1. The molecular weight excluding hydrogens is 365 g/mol. The van der Waals surface area contributed by atoms with Gasteiger partial charge in [-0.3, -0.25) is 15.1 Å². The van der Waals surface area contributed by atoms with E-state index in [0.29, 0.717) is 23.0 Å². The quantitative estimate of drug-likeness (QED) is 0.636. The second kappa shape index (κ2) is 6.47. The normalized spacial score (nSPS) is 12.4. The van der Waals surface area contributed by atoms with E-state index in [1.807, 2.05) is 6.07 Å².